The average Bonchev–Trinajstić information content (AvgIpc) is 2.61. The molecular weight excluding hydrogens is 304 g/mol. The van der Waals surface area contributed by atoms with Crippen LogP contribution in [-0.4, -0.2) is 17.9 Å². The molecule has 0 aliphatic rings. The Morgan fingerprint density at radius 3 is 1.92 bits per heavy atom. The third-order valence-electron chi connectivity index (χ3n) is 3.45. The number of hydrogen-bond donors (Lipinski definition) is 2. The molecule has 2 rings (SSSR count). The van der Waals surface area contributed by atoms with Gasteiger partial charge in [-0.1, -0.05) is 12.1 Å². The molecule has 6 nitrogen and oxygen atoms in total. The van der Waals surface area contributed by atoms with Crippen LogP contribution in [0.15, 0.2) is 48.5 Å². The van der Waals surface area contributed by atoms with E-state index in [1.54, 1.807) is 24.3 Å². The second-order valence-electron chi connectivity index (χ2n) is 5.13. The van der Waals surface area contributed by atoms with Gasteiger partial charge >= 0.3 is 0 Å². The lowest BCUT2D eigenvalue weighted by atomic mass is 10.0. The Morgan fingerprint density at radius 2 is 1.46 bits per heavy atom. The van der Waals surface area contributed by atoms with Gasteiger partial charge in [0.1, 0.15) is 6.04 Å². The van der Waals surface area contributed by atoms with Crippen LogP contribution in [-0.2, 0) is 11.2 Å². The highest BCUT2D eigenvalue weighted by atomic mass is 16.2. The molecule has 0 aliphatic heterocycles. The first kappa shape index (κ1) is 16.7. The average molecular weight is 318 g/mol. The van der Waals surface area contributed by atoms with E-state index >= 15 is 0 Å². The lowest BCUT2D eigenvalue weighted by Gasteiger charge is -2.15. The maximum atomic E-state index is 12.2. The number of amides is 2. The number of benzene rings is 2. The van der Waals surface area contributed by atoms with E-state index in [4.69, 9.17) is 16.3 Å². The van der Waals surface area contributed by atoms with E-state index in [1.807, 2.05) is 12.1 Å². The van der Waals surface area contributed by atoms with Crippen molar-refractivity contribution in [1.82, 2.24) is 5.32 Å². The molecule has 0 heterocycles. The van der Waals surface area contributed by atoms with Crippen molar-refractivity contribution in [2.45, 2.75) is 12.5 Å². The highest BCUT2D eigenvalue weighted by Crippen LogP contribution is 2.08. The van der Waals surface area contributed by atoms with E-state index < -0.39 is 17.9 Å². The van der Waals surface area contributed by atoms with Gasteiger partial charge in [0.25, 0.3) is 5.91 Å². The predicted molar refractivity (Wildman–Crippen MR) is 86.5 cm³/mol. The number of carbonyl (C=O) groups is 2. The monoisotopic (exact) mass is 318 g/mol. The van der Waals surface area contributed by atoms with Crippen LogP contribution >= 0.6 is 0 Å². The normalized spacial score (nSPS) is 10.9. The summed E-state index contributed by atoms with van der Waals surface area (Å²) < 4.78 is 0. The van der Waals surface area contributed by atoms with Gasteiger partial charge in [-0.05, 0) is 42.0 Å². The number of carbonyl (C=O) groups excluding carboxylic acids is 2. The summed E-state index contributed by atoms with van der Waals surface area (Å²) in [6, 6.07) is 15.9. The van der Waals surface area contributed by atoms with E-state index in [0.29, 0.717) is 16.7 Å². The summed E-state index contributed by atoms with van der Waals surface area (Å²) >= 11 is 0. The van der Waals surface area contributed by atoms with Crippen molar-refractivity contribution in [1.29, 1.82) is 10.5 Å². The Labute approximate surface area is 139 Å². The molecule has 2 aromatic rings. The van der Waals surface area contributed by atoms with Gasteiger partial charge in [-0.25, -0.2) is 0 Å². The second kappa shape index (κ2) is 7.57. The standard InChI is InChI=1S/C18H14N4O2/c19-10-13-3-1-12(2-4-13)9-16(17(21)23)22-18(24)15-7-5-14(11-20)6-8-15/h1-8,16H,9H2,(H2,21,23)(H,22,24)/t16-/m0/s1. The zero-order chi connectivity index (χ0) is 17.5. The summed E-state index contributed by atoms with van der Waals surface area (Å²) in [7, 11) is 0. The predicted octanol–water partition coefficient (Wildman–Crippen LogP) is 1.26. The van der Waals surface area contributed by atoms with Gasteiger partial charge in [0, 0.05) is 12.0 Å². The fourth-order valence-corrected chi connectivity index (χ4v) is 2.11. The van der Waals surface area contributed by atoms with E-state index in [1.165, 1.54) is 24.3 Å². The van der Waals surface area contributed by atoms with Gasteiger partial charge in [0.05, 0.1) is 23.3 Å². The molecule has 2 amide bonds. The minimum absolute atomic E-state index is 0.225. The molecular formula is C18H14N4O2. The molecule has 0 fully saturated rings. The molecule has 6 heteroatoms. The molecule has 0 bridgehead atoms. The van der Waals surface area contributed by atoms with E-state index in [0.717, 1.165) is 5.56 Å². The first-order valence-electron chi connectivity index (χ1n) is 7.13. The van der Waals surface area contributed by atoms with Crippen molar-refractivity contribution < 1.29 is 9.59 Å². The van der Waals surface area contributed by atoms with Crippen LogP contribution in [0.5, 0.6) is 0 Å². The third-order valence-corrected chi connectivity index (χ3v) is 3.45. The van der Waals surface area contributed by atoms with Crippen LogP contribution in [0, 0.1) is 22.7 Å². The topological polar surface area (TPSA) is 120 Å². The SMILES string of the molecule is N#Cc1ccc(C[C@H](NC(=O)c2ccc(C#N)cc2)C(N)=O)cc1. The number of nitrogens with one attached hydrogen (secondary N) is 1. The zero-order valence-corrected chi connectivity index (χ0v) is 12.7. The van der Waals surface area contributed by atoms with Crippen molar-refractivity contribution in [2.24, 2.45) is 5.73 Å². The molecule has 0 saturated carbocycles. The van der Waals surface area contributed by atoms with Crippen molar-refractivity contribution in [3.63, 3.8) is 0 Å². The van der Waals surface area contributed by atoms with Gasteiger partial charge in [0.15, 0.2) is 0 Å². The third kappa shape index (κ3) is 4.19. The van der Waals surface area contributed by atoms with Crippen LogP contribution in [0.25, 0.3) is 0 Å². The first-order valence-corrected chi connectivity index (χ1v) is 7.13. The van der Waals surface area contributed by atoms with Crippen LogP contribution < -0.4 is 11.1 Å². The summed E-state index contributed by atoms with van der Waals surface area (Å²) in [5.41, 5.74) is 7.42. The first-order chi connectivity index (χ1) is 11.5. The smallest absolute Gasteiger partial charge is 0.251 e. The molecule has 0 aromatic heterocycles. The van der Waals surface area contributed by atoms with E-state index in [2.05, 4.69) is 5.32 Å². The van der Waals surface area contributed by atoms with Gasteiger partial charge in [-0.3, -0.25) is 9.59 Å². The number of nitriles is 2. The molecule has 0 unspecified atom stereocenters. The van der Waals surface area contributed by atoms with E-state index in [9.17, 15) is 9.59 Å². The summed E-state index contributed by atoms with van der Waals surface area (Å²) in [5.74, 6) is -1.10. The highest BCUT2D eigenvalue weighted by molar-refractivity contribution is 5.97. The molecule has 24 heavy (non-hydrogen) atoms. The van der Waals surface area contributed by atoms with Crippen LogP contribution in [0.1, 0.15) is 27.0 Å². The highest BCUT2D eigenvalue weighted by Gasteiger charge is 2.19. The fraction of sp³-hybridized carbons (Fsp3) is 0.111. The van der Waals surface area contributed by atoms with Crippen molar-refractivity contribution in [2.75, 3.05) is 0 Å². The number of rotatable bonds is 5. The minimum Gasteiger partial charge on any atom is -0.368 e. The quantitative estimate of drug-likeness (QED) is 0.862. The molecule has 0 saturated heterocycles. The van der Waals surface area contributed by atoms with Gasteiger partial charge in [0.2, 0.25) is 5.91 Å². The maximum absolute atomic E-state index is 12.2. The minimum atomic E-state index is -0.874. The molecule has 3 N–H and O–H groups in total. The lowest BCUT2D eigenvalue weighted by Crippen LogP contribution is -2.45. The Kier molecular flexibility index (Phi) is 5.28. The van der Waals surface area contributed by atoms with Crippen LogP contribution in [0.4, 0.5) is 0 Å². The van der Waals surface area contributed by atoms with E-state index in [-0.39, 0.29) is 6.42 Å². The van der Waals surface area contributed by atoms with Gasteiger partial charge in [-0.15, -0.1) is 0 Å². The Balaban J connectivity index is 2.09. The number of nitrogens with two attached hydrogens (primary N) is 1. The number of nitrogens with zero attached hydrogens (tertiary/aromatic N) is 2. The summed E-state index contributed by atoms with van der Waals surface area (Å²) in [6.07, 6.45) is 0.225. The second-order valence-corrected chi connectivity index (χ2v) is 5.13. The maximum Gasteiger partial charge on any atom is 0.251 e. The summed E-state index contributed by atoms with van der Waals surface area (Å²) in [5, 5.41) is 20.1. The lowest BCUT2D eigenvalue weighted by molar-refractivity contribution is -0.119. The van der Waals surface area contributed by atoms with Crippen molar-refractivity contribution >= 4 is 11.8 Å². The number of hydrogen-bond acceptors (Lipinski definition) is 4. The molecule has 0 spiro atoms. The Bertz CT molecular complexity index is 827. The van der Waals surface area contributed by atoms with Crippen LogP contribution in [0.3, 0.4) is 0 Å². The Hall–Kier alpha value is -3.64. The molecule has 0 aliphatic carbocycles. The van der Waals surface area contributed by atoms with Crippen molar-refractivity contribution in [3.8, 4) is 12.1 Å². The van der Waals surface area contributed by atoms with Crippen molar-refractivity contribution in [3.05, 3.63) is 70.8 Å². The molecule has 2 aromatic carbocycles. The van der Waals surface area contributed by atoms with Gasteiger partial charge < -0.3 is 11.1 Å². The summed E-state index contributed by atoms with van der Waals surface area (Å²) in [6.45, 7) is 0. The molecule has 1 atom stereocenters. The number of primary amides is 1. The fourth-order valence-electron chi connectivity index (χ4n) is 2.11. The van der Waals surface area contributed by atoms with Gasteiger partial charge in [-0.2, -0.15) is 10.5 Å². The molecule has 118 valence electrons. The largest absolute Gasteiger partial charge is 0.368 e. The summed E-state index contributed by atoms with van der Waals surface area (Å²) in [4.78, 5) is 23.8. The molecule has 0 radical (unpaired) electrons. The Morgan fingerprint density at radius 1 is 0.958 bits per heavy atom. The van der Waals surface area contributed by atoms with Crippen LogP contribution in [0.2, 0.25) is 0 Å². The zero-order valence-electron chi connectivity index (χ0n) is 12.7.